The van der Waals surface area contributed by atoms with Crippen molar-refractivity contribution in [2.24, 2.45) is 10.8 Å². The second-order valence-corrected chi connectivity index (χ2v) is 9.54. The Morgan fingerprint density at radius 1 is 0.917 bits per heavy atom. The number of rotatable bonds is 4. The molecule has 1 aliphatic rings. The summed E-state index contributed by atoms with van der Waals surface area (Å²) in [5, 5.41) is 0. The Hall–Kier alpha value is -1.47. The molecule has 1 aliphatic carbocycles. The summed E-state index contributed by atoms with van der Waals surface area (Å²) in [5.74, 6) is 1.14. The maximum absolute atomic E-state index is 2.37. The van der Waals surface area contributed by atoms with E-state index in [4.69, 9.17) is 0 Å². The van der Waals surface area contributed by atoms with Gasteiger partial charge in [-0.05, 0) is 51.6 Å². The monoisotopic (exact) mass is 336 g/mol. The van der Waals surface area contributed by atoms with Gasteiger partial charge in [0, 0.05) is 10.6 Å². The third-order valence-corrected chi connectivity index (χ3v) is 7.05. The molecule has 0 heterocycles. The summed E-state index contributed by atoms with van der Waals surface area (Å²) in [7, 11) is 0. The Bertz CT molecular complexity index is 760. The predicted octanol–water partition coefficient (Wildman–Crippen LogP) is 6.95. The van der Waals surface area contributed by atoms with Gasteiger partial charge in [-0.1, -0.05) is 77.1 Å². The molecular formula is C23H28S. The molecule has 0 fully saturated rings. The van der Waals surface area contributed by atoms with Gasteiger partial charge < -0.3 is 0 Å². The topological polar surface area (TPSA) is 0 Å². The molecule has 0 amide bonds. The molecule has 0 nitrogen and oxygen atoms in total. The highest BCUT2D eigenvalue weighted by Gasteiger charge is 2.32. The van der Waals surface area contributed by atoms with E-state index in [-0.39, 0.29) is 0 Å². The molecule has 0 atom stereocenters. The SMILES string of the molecule is CC(C)(C)C(C)(C)CSc1cccc(C2=Cc3ccccc3C2)c1. The van der Waals surface area contributed by atoms with Crippen LogP contribution in [0.4, 0.5) is 0 Å². The van der Waals surface area contributed by atoms with E-state index in [2.05, 4.69) is 89.2 Å². The third-order valence-electron chi connectivity index (χ3n) is 5.60. The molecular weight excluding hydrogens is 308 g/mol. The molecule has 0 spiro atoms. The maximum Gasteiger partial charge on any atom is 0.00782 e. The number of fused-ring (bicyclic) bond motifs is 1. The van der Waals surface area contributed by atoms with Crippen molar-refractivity contribution >= 4 is 23.4 Å². The summed E-state index contributed by atoms with van der Waals surface area (Å²) in [6, 6.07) is 17.8. The predicted molar refractivity (Wildman–Crippen MR) is 108 cm³/mol. The molecule has 0 unspecified atom stereocenters. The second kappa shape index (κ2) is 6.44. The molecule has 24 heavy (non-hydrogen) atoms. The van der Waals surface area contributed by atoms with Crippen LogP contribution in [0, 0.1) is 10.8 Å². The molecule has 3 rings (SSSR count). The number of allylic oxidation sites excluding steroid dienone is 1. The first-order chi connectivity index (χ1) is 11.3. The van der Waals surface area contributed by atoms with Gasteiger partial charge in [-0.25, -0.2) is 0 Å². The van der Waals surface area contributed by atoms with E-state index in [1.54, 1.807) is 0 Å². The smallest absolute Gasteiger partial charge is 0.00782 e. The maximum atomic E-state index is 2.37. The molecule has 0 aliphatic heterocycles. The normalized spacial score (nSPS) is 14.5. The van der Waals surface area contributed by atoms with Gasteiger partial charge in [0.1, 0.15) is 0 Å². The van der Waals surface area contributed by atoms with Gasteiger partial charge in [-0.2, -0.15) is 0 Å². The van der Waals surface area contributed by atoms with Crippen LogP contribution in [0.15, 0.2) is 53.4 Å². The minimum absolute atomic E-state index is 0.302. The van der Waals surface area contributed by atoms with Crippen molar-refractivity contribution in [1.82, 2.24) is 0 Å². The fraction of sp³-hybridized carbons (Fsp3) is 0.391. The van der Waals surface area contributed by atoms with E-state index in [0.29, 0.717) is 10.8 Å². The molecule has 0 saturated carbocycles. The van der Waals surface area contributed by atoms with Crippen molar-refractivity contribution in [3.05, 3.63) is 65.2 Å². The molecule has 2 aromatic rings. The first-order valence-electron chi connectivity index (χ1n) is 8.78. The molecule has 0 saturated heterocycles. The highest BCUT2D eigenvalue weighted by atomic mass is 32.2. The summed E-state index contributed by atoms with van der Waals surface area (Å²) in [5.41, 5.74) is 6.24. The Kier molecular flexibility index (Phi) is 4.66. The van der Waals surface area contributed by atoms with Crippen LogP contribution < -0.4 is 0 Å². The summed E-state index contributed by atoms with van der Waals surface area (Å²) in [4.78, 5) is 1.38. The fourth-order valence-corrected chi connectivity index (χ4v) is 4.08. The second-order valence-electron chi connectivity index (χ2n) is 8.50. The molecule has 0 aromatic heterocycles. The zero-order chi connectivity index (χ0) is 17.4. The highest BCUT2D eigenvalue weighted by Crippen LogP contribution is 2.42. The molecule has 0 radical (unpaired) electrons. The molecule has 0 N–H and O–H groups in total. The molecule has 1 heteroatoms. The lowest BCUT2D eigenvalue weighted by atomic mass is 9.71. The van der Waals surface area contributed by atoms with Gasteiger partial charge in [-0.3, -0.25) is 0 Å². The minimum atomic E-state index is 0.302. The molecule has 2 aromatic carbocycles. The number of hydrogen-bond donors (Lipinski definition) is 0. The average molecular weight is 337 g/mol. The van der Waals surface area contributed by atoms with Crippen LogP contribution in [0.1, 0.15) is 51.3 Å². The lowest BCUT2D eigenvalue weighted by Crippen LogP contribution is -2.31. The van der Waals surface area contributed by atoms with Crippen molar-refractivity contribution in [3.63, 3.8) is 0 Å². The number of benzene rings is 2. The first kappa shape index (κ1) is 17.4. The van der Waals surface area contributed by atoms with Crippen molar-refractivity contribution in [2.45, 2.75) is 45.9 Å². The standard InChI is InChI=1S/C23H28S/c1-22(2,3)23(4,5)16-24-21-12-8-11-19(15-21)20-13-17-9-6-7-10-18(17)14-20/h6-13,15H,14,16H2,1-5H3. The first-order valence-corrected chi connectivity index (χ1v) is 9.77. The van der Waals surface area contributed by atoms with E-state index in [9.17, 15) is 0 Å². The third kappa shape index (κ3) is 3.62. The van der Waals surface area contributed by atoms with Crippen LogP contribution in [0.5, 0.6) is 0 Å². The molecule has 0 bridgehead atoms. The van der Waals surface area contributed by atoms with Gasteiger partial charge in [0.25, 0.3) is 0 Å². The van der Waals surface area contributed by atoms with Crippen LogP contribution in [-0.4, -0.2) is 5.75 Å². The Morgan fingerprint density at radius 2 is 1.67 bits per heavy atom. The van der Waals surface area contributed by atoms with E-state index >= 15 is 0 Å². The van der Waals surface area contributed by atoms with Gasteiger partial charge in [0.15, 0.2) is 0 Å². The van der Waals surface area contributed by atoms with Crippen LogP contribution in [0.3, 0.4) is 0 Å². The highest BCUT2D eigenvalue weighted by molar-refractivity contribution is 7.99. The van der Waals surface area contributed by atoms with E-state index in [1.165, 1.54) is 27.2 Å². The lowest BCUT2D eigenvalue weighted by molar-refractivity contribution is 0.162. The fourth-order valence-electron chi connectivity index (χ4n) is 2.73. The van der Waals surface area contributed by atoms with Crippen molar-refractivity contribution in [2.75, 3.05) is 5.75 Å². The van der Waals surface area contributed by atoms with Gasteiger partial charge in [0.2, 0.25) is 0 Å². The summed E-state index contributed by atoms with van der Waals surface area (Å²) < 4.78 is 0. The van der Waals surface area contributed by atoms with Gasteiger partial charge in [0.05, 0.1) is 0 Å². The van der Waals surface area contributed by atoms with Crippen LogP contribution in [-0.2, 0) is 6.42 Å². The van der Waals surface area contributed by atoms with Gasteiger partial charge >= 0.3 is 0 Å². The largest absolute Gasteiger partial charge is 0.126 e. The lowest BCUT2D eigenvalue weighted by Gasteiger charge is -2.38. The Balaban J connectivity index is 1.75. The van der Waals surface area contributed by atoms with Gasteiger partial charge in [-0.15, -0.1) is 11.8 Å². The summed E-state index contributed by atoms with van der Waals surface area (Å²) in [6.07, 6.45) is 3.40. The average Bonchev–Trinajstić information content (AvgIpc) is 2.96. The minimum Gasteiger partial charge on any atom is -0.126 e. The quantitative estimate of drug-likeness (QED) is 0.544. The van der Waals surface area contributed by atoms with Crippen LogP contribution in [0.2, 0.25) is 0 Å². The zero-order valence-corrected chi connectivity index (χ0v) is 16.3. The van der Waals surface area contributed by atoms with E-state index in [1.807, 2.05) is 11.8 Å². The summed E-state index contributed by atoms with van der Waals surface area (Å²) in [6.45, 7) is 11.8. The van der Waals surface area contributed by atoms with E-state index in [0.717, 1.165) is 12.2 Å². The number of thioether (sulfide) groups is 1. The van der Waals surface area contributed by atoms with Crippen molar-refractivity contribution < 1.29 is 0 Å². The van der Waals surface area contributed by atoms with Crippen molar-refractivity contribution in [1.29, 1.82) is 0 Å². The Morgan fingerprint density at radius 3 is 2.38 bits per heavy atom. The summed E-state index contributed by atoms with van der Waals surface area (Å²) >= 11 is 1.98. The molecule has 126 valence electrons. The van der Waals surface area contributed by atoms with E-state index < -0.39 is 0 Å². The van der Waals surface area contributed by atoms with Crippen molar-refractivity contribution in [3.8, 4) is 0 Å². The number of hydrogen-bond acceptors (Lipinski definition) is 1. The Labute approximate surface area is 151 Å². The van der Waals surface area contributed by atoms with Crippen LogP contribution >= 0.6 is 11.8 Å². The van der Waals surface area contributed by atoms with Crippen LogP contribution in [0.25, 0.3) is 11.6 Å². The zero-order valence-electron chi connectivity index (χ0n) is 15.5.